The van der Waals surface area contributed by atoms with Gasteiger partial charge in [-0.3, -0.25) is 9.59 Å². The average Bonchev–Trinajstić information content (AvgIpc) is 2.03. The summed E-state index contributed by atoms with van der Waals surface area (Å²) in [4.78, 5) is 24.2. The molecule has 0 amide bonds. The number of rotatable bonds is 2. The summed E-state index contributed by atoms with van der Waals surface area (Å²) in [7, 11) is 0. The zero-order valence-electron chi connectivity index (χ0n) is 6.07. The maximum atomic E-state index is 10.2. The molecule has 3 heteroatoms. The predicted octanol–water partition coefficient (Wildman–Crippen LogP) is 1.02. The molecule has 0 aliphatic heterocycles. The van der Waals surface area contributed by atoms with Crippen LogP contribution in [0.3, 0.4) is 0 Å². The maximum Gasteiger partial charge on any atom is 0.168 e. The van der Waals surface area contributed by atoms with Crippen molar-refractivity contribution >= 4 is 12.6 Å². The Morgan fingerprint density at radius 1 is 1.18 bits per heavy atom. The molecular formula is C8H7NO2. The molecule has 1 aromatic heterocycles. The summed E-state index contributed by atoms with van der Waals surface area (Å²) < 4.78 is 0. The van der Waals surface area contributed by atoms with Crippen molar-refractivity contribution in [3.8, 4) is 0 Å². The fraction of sp³-hybridized carbons (Fsp3) is 0.125. The van der Waals surface area contributed by atoms with Crippen LogP contribution in [0, 0.1) is 6.92 Å². The average molecular weight is 149 g/mol. The number of carbonyl (C=O) groups excluding carboxylic acids is 2. The van der Waals surface area contributed by atoms with Crippen LogP contribution in [0.2, 0.25) is 0 Å². The van der Waals surface area contributed by atoms with Gasteiger partial charge in [0.05, 0.1) is 0 Å². The molecular weight excluding hydrogens is 142 g/mol. The first-order chi connectivity index (χ1) is 5.26. The Morgan fingerprint density at radius 3 is 2.00 bits per heavy atom. The van der Waals surface area contributed by atoms with Crippen molar-refractivity contribution in [2.24, 2.45) is 0 Å². The second-order valence-electron chi connectivity index (χ2n) is 2.23. The van der Waals surface area contributed by atoms with E-state index in [-0.39, 0.29) is 0 Å². The molecule has 0 radical (unpaired) electrons. The van der Waals surface area contributed by atoms with Crippen LogP contribution in [0.5, 0.6) is 0 Å². The molecule has 0 saturated heterocycles. The van der Waals surface area contributed by atoms with Crippen LogP contribution in [0.15, 0.2) is 12.1 Å². The highest BCUT2D eigenvalue weighted by molar-refractivity contribution is 5.77. The van der Waals surface area contributed by atoms with E-state index in [4.69, 9.17) is 0 Å². The van der Waals surface area contributed by atoms with Gasteiger partial charge in [-0.25, -0.2) is 4.98 Å². The lowest BCUT2D eigenvalue weighted by molar-refractivity contribution is 0.111. The fourth-order valence-corrected chi connectivity index (χ4v) is 0.843. The van der Waals surface area contributed by atoms with Gasteiger partial charge in [0.2, 0.25) is 0 Å². The Morgan fingerprint density at radius 2 is 1.64 bits per heavy atom. The minimum Gasteiger partial charge on any atom is -0.296 e. The van der Waals surface area contributed by atoms with Gasteiger partial charge >= 0.3 is 0 Å². The van der Waals surface area contributed by atoms with E-state index in [1.54, 1.807) is 12.1 Å². The van der Waals surface area contributed by atoms with Gasteiger partial charge in [-0.1, -0.05) is 0 Å². The number of hydrogen-bond acceptors (Lipinski definition) is 3. The quantitative estimate of drug-likeness (QED) is 0.589. The number of nitrogens with zero attached hydrogens (tertiary/aromatic N) is 1. The van der Waals surface area contributed by atoms with E-state index < -0.39 is 0 Å². The van der Waals surface area contributed by atoms with Crippen molar-refractivity contribution in [2.75, 3.05) is 0 Å². The zero-order chi connectivity index (χ0) is 8.27. The first-order valence-electron chi connectivity index (χ1n) is 3.15. The highest BCUT2D eigenvalue weighted by Crippen LogP contribution is 2.00. The van der Waals surface area contributed by atoms with Crippen molar-refractivity contribution in [2.45, 2.75) is 6.92 Å². The van der Waals surface area contributed by atoms with Crippen LogP contribution in [-0.4, -0.2) is 17.6 Å². The van der Waals surface area contributed by atoms with Crippen molar-refractivity contribution in [1.82, 2.24) is 4.98 Å². The lowest BCUT2D eigenvalue weighted by Crippen LogP contribution is -1.93. The largest absolute Gasteiger partial charge is 0.296 e. The summed E-state index contributed by atoms with van der Waals surface area (Å²) >= 11 is 0. The van der Waals surface area contributed by atoms with Gasteiger partial charge in [0.1, 0.15) is 11.4 Å². The topological polar surface area (TPSA) is 47.0 Å². The number of aromatic nitrogens is 1. The van der Waals surface area contributed by atoms with Gasteiger partial charge in [0.15, 0.2) is 12.6 Å². The number of hydrogen-bond donors (Lipinski definition) is 0. The van der Waals surface area contributed by atoms with E-state index in [0.29, 0.717) is 24.0 Å². The lowest BCUT2D eigenvalue weighted by Gasteiger charge is -1.94. The highest BCUT2D eigenvalue weighted by atomic mass is 16.1. The maximum absolute atomic E-state index is 10.2. The monoisotopic (exact) mass is 149 g/mol. The minimum absolute atomic E-state index is 0.298. The normalized spacial score (nSPS) is 9.18. The molecule has 1 rings (SSSR count). The third-order valence-electron chi connectivity index (χ3n) is 1.25. The molecule has 56 valence electrons. The van der Waals surface area contributed by atoms with Gasteiger partial charge in [-0.15, -0.1) is 0 Å². The van der Waals surface area contributed by atoms with Gasteiger partial charge in [0.25, 0.3) is 0 Å². The molecule has 0 saturated carbocycles. The van der Waals surface area contributed by atoms with Crippen LogP contribution >= 0.6 is 0 Å². The molecule has 0 unspecified atom stereocenters. The van der Waals surface area contributed by atoms with Gasteiger partial charge in [0, 0.05) is 0 Å². The van der Waals surface area contributed by atoms with E-state index in [2.05, 4.69) is 4.98 Å². The van der Waals surface area contributed by atoms with Crippen molar-refractivity contribution in [1.29, 1.82) is 0 Å². The fourth-order valence-electron chi connectivity index (χ4n) is 0.843. The van der Waals surface area contributed by atoms with E-state index >= 15 is 0 Å². The Hall–Kier alpha value is -1.51. The number of pyridine rings is 1. The number of carbonyl (C=O) groups is 2. The van der Waals surface area contributed by atoms with Crippen LogP contribution in [0.4, 0.5) is 0 Å². The predicted molar refractivity (Wildman–Crippen MR) is 39.7 cm³/mol. The highest BCUT2D eigenvalue weighted by Gasteiger charge is 1.96. The van der Waals surface area contributed by atoms with Gasteiger partial charge in [-0.2, -0.15) is 0 Å². The zero-order valence-corrected chi connectivity index (χ0v) is 6.07. The SMILES string of the molecule is Cc1cc(C=O)nc(C=O)c1. The number of aldehydes is 2. The Labute approximate surface area is 64.1 Å². The molecule has 0 bridgehead atoms. The van der Waals surface area contributed by atoms with Crippen LogP contribution in [0.1, 0.15) is 26.5 Å². The molecule has 0 aliphatic rings. The summed E-state index contributed by atoms with van der Waals surface area (Å²) in [5.74, 6) is 0. The number of aryl methyl sites for hydroxylation is 1. The Bertz CT molecular complexity index is 268. The smallest absolute Gasteiger partial charge is 0.168 e. The Kier molecular flexibility index (Phi) is 2.11. The molecule has 0 atom stereocenters. The van der Waals surface area contributed by atoms with E-state index in [9.17, 15) is 9.59 Å². The van der Waals surface area contributed by atoms with Crippen LogP contribution in [-0.2, 0) is 0 Å². The van der Waals surface area contributed by atoms with Gasteiger partial charge in [-0.05, 0) is 24.6 Å². The summed E-state index contributed by atoms with van der Waals surface area (Å²) in [6.45, 7) is 1.81. The van der Waals surface area contributed by atoms with Crippen molar-refractivity contribution < 1.29 is 9.59 Å². The van der Waals surface area contributed by atoms with Crippen LogP contribution in [0.25, 0.3) is 0 Å². The van der Waals surface area contributed by atoms with E-state index in [1.807, 2.05) is 6.92 Å². The lowest BCUT2D eigenvalue weighted by atomic mass is 10.2. The third kappa shape index (κ3) is 1.70. The summed E-state index contributed by atoms with van der Waals surface area (Å²) in [6.07, 6.45) is 1.25. The van der Waals surface area contributed by atoms with E-state index in [0.717, 1.165) is 5.56 Å². The van der Waals surface area contributed by atoms with Gasteiger partial charge < -0.3 is 0 Å². The second kappa shape index (κ2) is 3.05. The molecule has 11 heavy (non-hydrogen) atoms. The molecule has 0 aromatic carbocycles. The second-order valence-corrected chi connectivity index (χ2v) is 2.23. The third-order valence-corrected chi connectivity index (χ3v) is 1.25. The molecule has 3 nitrogen and oxygen atoms in total. The molecule has 0 spiro atoms. The minimum atomic E-state index is 0.298. The van der Waals surface area contributed by atoms with Crippen LogP contribution < -0.4 is 0 Å². The molecule has 1 heterocycles. The molecule has 0 fully saturated rings. The summed E-state index contributed by atoms with van der Waals surface area (Å²) in [5, 5.41) is 0. The van der Waals surface area contributed by atoms with Crippen molar-refractivity contribution in [3.05, 3.63) is 29.1 Å². The molecule has 0 N–H and O–H groups in total. The first kappa shape index (κ1) is 7.60. The molecule has 0 aliphatic carbocycles. The van der Waals surface area contributed by atoms with E-state index in [1.165, 1.54) is 0 Å². The summed E-state index contributed by atoms with van der Waals surface area (Å²) in [5.41, 5.74) is 1.46. The van der Waals surface area contributed by atoms with Crippen molar-refractivity contribution in [3.63, 3.8) is 0 Å². The Balaban J connectivity index is 3.21. The first-order valence-corrected chi connectivity index (χ1v) is 3.15. The summed E-state index contributed by atoms with van der Waals surface area (Å²) in [6, 6.07) is 3.25. The standard InChI is InChI=1S/C8H7NO2/c1-6-2-7(4-10)9-8(3-6)5-11/h2-5H,1H3. The molecule has 1 aromatic rings.